The van der Waals surface area contributed by atoms with Crippen molar-refractivity contribution in [3.63, 3.8) is 0 Å². The quantitative estimate of drug-likeness (QED) is 0.0245. The summed E-state index contributed by atoms with van der Waals surface area (Å²) in [6.45, 7) is 6.36. The summed E-state index contributed by atoms with van der Waals surface area (Å²) in [5, 5.41) is 23.8. The van der Waals surface area contributed by atoms with Crippen molar-refractivity contribution < 1.29 is 24.5 Å². The van der Waals surface area contributed by atoms with Gasteiger partial charge in [0.1, 0.15) is 6.10 Å². The normalized spacial score (nSPS) is 13.9. The standard InChI is InChI=1S/C59H103NO5/c1-4-7-10-13-16-19-22-24-26-28-30-32-34-37-40-43-46-49-52-59(64)65-55(50-47-44-41-38-35-21-18-15-12-9-6-3)53-58(63)60-56(54-61)57(62)51-48-45-42-39-36-33-31-29-27-25-23-20-17-14-11-8-5-2/h10,13,16,19,22,24,26,28,30,32,38,41,47,50,55-57,61-62H,4-9,11-12,14-15,17-18,20-21,23,25,27,29,31,33-37,39-40,42-46,48-49,51-54H2,1-3H3,(H,60,63)/b13-10+,19-16+,24-22+,28-26+,32-30+,41-38-,50-47+. The third-order valence-corrected chi connectivity index (χ3v) is 12.1. The summed E-state index contributed by atoms with van der Waals surface area (Å²) in [6, 6.07) is -0.742. The molecule has 3 unspecified atom stereocenters. The Labute approximate surface area is 402 Å². The molecule has 0 heterocycles. The molecule has 0 aliphatic heterocycles. The first-order chi connectivity index (χ1) is 32.0. The zero-order valence-electron chi connectivity index (χ0n) is 42.6. The van der Waals surface area contributed by atoms with Gasteiger partial charge in [0.05, 0.1) is 25.2 Å². The zero-order chi connectivity index (χ0) is 47.4. The maximum atomic E-state index is 13.2. The smallest absolute Gasteiger partial charge is 0.306 e. The fourth-order valence-corrected chi connectivity index (χ4v) is 7.90. The van der Waals surface area contributed by atoms with Crippen LogP contribution in [0.5, 0.6) is 0 Å². The van der Waals surface area contributed by atoms with Crippen molar-refractivity contribution in [2.45, 2.75) is 270 Å². The summed E-state index contributed by atoms with van der Waals surface area (Å²) in [4.78, 5) is 26.1. The molecule has 0 saturated carbocycles. The van der Waals surface area contributed by atoms with Crippen molar-refractivity contribution in [2.75, 3.05) is 6.61 Å². The number of allylic oxidation sites excluding steroid dienone is 13. The number of rotatable bonds is 48. The van der Waals surface area contributed by atoms with Crippen LogP contribution in [0.15, 0.2) is 85.1 Å². The Balaban J connectivity index is 4.60. The van der Waals surface area contributed by atoms with Gasteiger partial charge in [-0.05, 0) is 57.4 Å². The van der Waals surface area contributed by atoms with E-state index in [1.807, 2.05) is 36.5 Å². The van der Waals surface area contributed by atoms with Gasteiger partial charge < -0.3 is 20.3 Å². The SMILES string of the molecule is CCC/C=C/C=C/C=C/C=C/C=C/CCCCCCCC(=O)OC(/C=C/C/C=C\CCCCCCCC)CC(=O)NC(CO)C(O)CCCCCCCCCCCCCCCCCCC. The molecular weight excluding hydrogens is 803 g/mol. The largest absolute Gasteiger partial charge is 0.458 e. The molecule has 0 rings (SSSR count). The van der Waals surface area contributed by atoms with Crippen molar-refractivity contribution in [1.82, 2.24) is 5.32 Å². The highest BCUT2D eigenvalue weighted by molar-refractivity contribution is 5.78. The molecule has 1 amide bonds. The summed E-state index contributed by atoms with van der Waals surface area (Å²) in [6.07, 6.45) is 68.1. The van der Waals surface area contributed by atoms with Gasteiger partial charge in [0, 0.05) is 6.42 Å². The number of aliphatic hydroxyl groups excluding tert-OH is 2. The molecule has 0 spiro atoms. The molecule has 0 aromatic carbocycles. The number of esters is 1. The first kappa shape index (κ1) is 62.0. The maximum Gasteiger partial charge on any atom is 0.306 e. The summed E-state index contributed by atoms with van der Waals surface area (Å²) in [7, 11) is 0. The van der Waals surface area contributed by atoms with E-state index in [9.17, 15) is 19.8 Å². The fraction of sp³-hybridized carbons (Fsp3) is 0.729. The minimum Gasteiger partial charge on any atom is -0.458 e. The Morgan fingerprint density at radius 1 is 0.477 bits per heavy atom. The predicted octanol–water partition coefficient (Wildman–Crippen LogP) is 16.7. The molecule has 0 aliphatic carbocycles. The lowest BCUT2D eigenvalue weighted by atomic mass is 10.0. The number of ether oxygens (including phenoxy) is 1. The average Bonchev–Trinajstić information content (AvgIpc) is 3.30. The van der Waals surface area contributed by atoms with E-state index in [0.29, 0.717) is 19.3 Å². The van der Waals surface area contributed by atoms with Crippen LogP contribution in [-0.4, -0.2) is 46.9 Å². The van der Waals surface area contributed by atoms with Gasteiger partial charge >= 0.3 is 5.97 Å². The lowest BCUT2D eigenvalue weighted by molar-refractivity contribution is -0.148. The molecule has 0 aliphatic rings. The van der Waals surface area contributed by atoms with Gasteiger partial charge in [0.25, 0.3) is 0 Å². The molecule has 3 atom stereocenters. The van der Waals surface area contributed by atoms with Crippen molar-refractivity contribution in [3.8, 4) is 0 Å². The minimum absolute atomic E-state index is 0.0428. The average molecular weight is 906 g/mol. The van der Waals surface area contributed by atoms with Crippen LogP contribution >= 0.6 is 0 Å². The number of carbonyl (C=O) groups is 2. The number of nitrogens with one attached hydrogen (secondary N) is 1. The van der Waals surface area contributed by atoms with Crippen LogP contribution < -0.4 is 5.32 Å². The van der Waals surface area contributed by atoms with Gasteiger partial charge in [-0.2, -0.15) is 0 Å². The Bertz CT molecular complexity index is 1250. The molecule has 0 aromatic heterocycles. The Morgan fingerprint density at radius 3 is 1.40 bits per heavy atom. The molecule has 6 nitrogen and oxygen atoms in total. The van der Waals surface area contributed by atoms with E-state index < -0.39 is 18.2 Å². The number of unbranched alkanes of at least 4 members (excludes halogenated alkanes) is 28. The Morgan fingerprint density at radius 2 is 0.908 bits per heavy atom. The van der Waals surface area contributed by atoms with Crippen molar-refractivity contribution >= 4 is 11.9 Å². The van der Waals surface area contributed by atoms with Crippen molar-refractivity contribution in [1.29, 1.82) is 0 Å². The van der Waals surface area contributed by atoms with Gasteiger partial charge in [-0.15, -0.1) is 0 Å². The van der Waals surface area contributed by atoms with Gasteiger partial charge in [-0.25, -0.2) is 0 Å². The van der Waals surface area contributed by atoms with Crippen LogP contribution in [0.4, 0.5) is 0 Å². The summed E-state index contributed by atoms with van der Waals surface area (Å²) >= 11 is 0. The number of carbonyl (C=O) groups excluding carboxylic acids is 2. The molecule has 0 radical (unpaired) electrons. The maximum absolute atomic E-state index is 13.2. The molecular formula is C59H103NO5. The monoisotopic (exact) mass is 906 g/mol. The van der Waals surface area contributed by atoms with E-state index in [1.54, 1.807) is 0 Å². The summed E-state index contributed by atoms with van der Waals surface area (Å²) < 4.78 is 5.83. The van der Waals surface area contributed by atoms with E-state index in [-0.39, 0.29) is 24.9 Å². The second-order valence-electron chi connectivity index (χ2n) is 18.4. The zero-order valence-corrected chi connectivity index (χ0v) is 42.6. The topological polar surface area (TPSA) is 95.9 Å². The van der Waals surface area contributed by atoms with Gasteiger partial charge in [-0.1, -0.05) is 267 Å². The van der Waals surface area contributed by atoms with Gasteiger partial charge in [0.2, 0.25) is 5.91 Å². The van der Waals surface area contributed by atoms with Crippen LogP contribution in [0.2, 0.25) is 0 Å². The third-order valence-electron chi connectivity index (χ3n) is 12.1. The van der Waals surface area contributed by atoms with E-state index in [1.165, 1.54) is 135 Å². The first-order valence-corrected chi connectivity index (χ1v) is 27.4. The second kappa shape index (κ2) is 52.0. The number of hydrogen-bond donors (Lipinski definition) is 3. The van der Waals surface area contributed by atoms with Crippen LogP contribution in [0, 0.1) is 0 Å². The molecule has 0 bridgehead atoms. The van der Waals surface area contributed by atoms with E-state index in [0.717, 1.165) is 70.6 Å². The number of hydrogen-bond acceptors (Lipinski definition) is 5. The summed E-state index contributed by atoms with van der Waals surface area (Å²) in [5.74, 6) is -0.633. The molecule has 6 heteroatoms. The highest BCUT2D eigenvalue weighted by Crippen LogP contribution is 2.16. The van der Waals surface area contributed by atoms with E-state index in [4.69, 9.17) is 4.74 Å². The fourth-order valence-electron chi connectivity index (χ4n) is 7.90. The third kappa shape index (κ3) is 47.3. The van der Waals surface area contributed by atoms with Crippen molar-refractivity contribution in [2.24, 2.45) is 0 Å². The Kier molecular flexibility index (Phi) is 49.6. The lowest BCUT2D eigenvalue weighted by Gasteiger charge is -2.23. The molecule has 65 heavy (non-hydrogen) atoms. The van der Waals surface area contributed by atoms with E-state index >= 15 is 0 Å². The highest BCUT2D eigenvalue weighted by atomic mass is 16.5. The van der Waals surface area contributed by atoms with Crippen LogP contribution in [0.25, 0.3) is 0 Å². The molecule has 0 fully saturated rings. The van der Waals surface area contributed by atoms with Crippen LogP contribution in [0.3, 0.4) is 0 Å². The van der Waals surface area contributed by atoms with Gasteiger partial charge in [-0.3, -0.25) is 9.59 Å². The predicted molar refractivity (Wildman–Crippen MR) is 282 cm³/mol. The Hall–Kier alpha value is -2.96. The molecule has 374 valence electrons. The van der Waals surface area contributed by atoms with Crippen LogP contribution in [-0.2, 0) is 14.3 Å². The molecule has 0 aromatic rings. The first-order valence-electron chi connectivity index (χ1n) is 27.4. The number of aliphatic hydroxyl groups is 2. The van der Waals surface area contributed by atoms with Crippen LogP contribution in [0.1, 0.15) is 252 Å². The summed E-state index contributed by atoms with van der Waals surface area (Å²) in [5.41, 5.74) is 0. The van der Waals surface area contributed by atoms with E-state index in [2.05, 4.69) is 74.7 Å². The van der Waals surface area contributed by atoms with Gasteiger partial charge in [0.15, 0.2) is 0 Å². The minimum atomic E-state index is -0.820. The molecule has 0 saturated heterocycles. The highest BCUT2D eigenvalue weighted by Gasteiger charge is 2.23. The lowest BCUT2D eigenvalue weighted by Crippen LogP contribution is -2.46. The number of amides is 1. The second-order valence-corrected chi connectivity index (χ2v) is 18.4. The molecule has 3 N–H and O–H groups in total. The van der Waals surface area contributed by atoms with Crippen molar-refractivity contribution in [3.05, 3.63) is 85.1 Å².